The Morgan fingerprint density at radius 2 is 1.83 bits per heavy atom. The molecule has 0 spiro atoms. The van der Waals surface area contributed by atoms with Crippen LogP contribution in [0.1, 0.15) is 20.3 Å². The number of azide groups is 1. The number of aliphatic hydroxyl groups excluding tert-OH is 7. The van der Waals surface area contributed by atoms with E-state index in [1.54, 1.807) is 0 Å². The van der Waals surface area contributed by atoms with Crippen molar-refractivity contribution in [3.8, 4) is 0 Å². The number of hydrogen-bond acceptors (Lipinski definition) is 13. The molecule has 9 N–H and O–H groups in total. The Balaban J connectivity index is 2.46. The SMILES string of the molecule is CC(=O)N[C@H]1[C@H]([C@H](O)[C@H](O)CO)O[C@@](O[C@H](C)[C@H]2O[C@@H](O)[C@H](O)[C@@H](O)[C@H]2O)(C(=O)O)C[C@@H]1N=[N+]=[N-]. The Bertz CT molecular complexity index is 813. The topological polar surface area (TPSA) is 284 Å². The molecule has 0 bridgehead atoms. The van der Waals surface area contributed by atoms with Crippen molar-refractivity contribution >= 4 is 11.9 Å². The number of carboxylic acids is 1. The first-order valence-corrected chi connectivity index (χ1v) is 10.5. The molecular formula is C18H30N4O13. The van der Waals surface area contributed by atoms with E-state index in [0.29, 0.717) is 0 Å². The fourth-order valence-corrected chi connectivity index (χ4v) is 4.07. The summed E-state index contributed by atoms with van der Waals surface area (Å²) in [6.45, 7) is 1.30. The predicted octanol–water partition coefficient (Wildman–Crippen LogP) is -4.34. The molecule has 1 amide bonds. The van der Waals surface area contributed by atoms with Crippen LogP contribution in [0.25, 0.3) is 10.4 Å². The summed E-state index contributed by atoms with van der Waals surface area (Å²) in [4.78, 5) is 26.7. The molecule has 0 saturated carbocycles. The number of nitrogens with zero attached hydrogens (tertiary/aromatic N) is 3. The highest BCUT2D eigenvalue weighted by Crippen LogP contribution is 2.37. The number of carbonyl (C=O) groups is 2. The summed E-state index contributed by atoms with van der Waals surface area (Å²) in [6, 6.07) is -2.78. The first kappa shape index (κ1) is 29.1. The molecule has 2 fully saturated rings. The Labute approximate surface area is 198 Å². The molecule has 0 radical (unpaired) electrons. The Hall–Kier alpha value is -2.15. The summed E-state index contributed by atoms with van der Waals surface area (Å²) in [6.07, 6.45) is -17.0. The molecule has 12 atom stereocenters. The van der Waals surface area contributed by atoms with Gasteiger partial charge < -0.3 is 60.4 Å². The zero-order valence-electron chi connectivity index (χ0n) is 18.7. The molecule has 0 aromatic rings. The number of aliphatic hydroxyl groups is 7. The average Bonchev–Trinajstić information content (AvgIpc) is 2.80. The van der Waals surface area contributed by atoms with Gasteiger partial charge in [-0.1, -0.05) is 5.11 Å². The highest BCUT2D eigenvalue weighted by atomic mass is 16.7. The maximum absolute atomic E-state index is 12.3. The summed E-state index contributed by atoms with van der Waals surface area (Å²) in [7, 11) is 0. The van der Waals surface area contributed by atoms with Gasteiger partial charge in [-0.2, -0.15) is 0 Å². The largest absolute Gasteiger partial charge is 0.477 e. The number of nitrogens with one attached hydrogen (secondary N) is 1. The van der Waals surface area contributed by atoms with Crippen LogP contribution in [0.5, 0.6) is 0 Å². The van der Waals surface area contributed by atoms with Crippen molar-refractivity contribution in [3.63, 3.8) is 0 Å². The normalized spacial score (nSPS) is 40.1. The van der Waals surface area contributed by atoms with Crippen LogP contribution in [0.15, 0.2) is 5.11 Å². The molecule has 2 saturated heterocycles. The summed E-state index contributed by atoms with van der Waals surface area (Å²) in [5, 5.41) is 85.1. The number of ether oxygens (including phenoxy) is 3. The van der Waals surface area contributed by atoms with E-state index in [1.807, 2.05) is 0 Å². The minimum absolute atomic E-state index is 0.676. The summed E-state index contributed by atoms with van der Waals surface area (Å²) in [5.41, 5.74) is 9.00. The van der Waals surface area contributed by atoms with E-state index in [0.717, 1.165) is 6.92 Å². The van der Waals surface area contributed by atoms with Gasteiger partial charge >= 0.3 is 5.97 Å². The third-order valence-corrected chi connectivity index (χ3v) is 5.85. The molecule has 0 unspecified atom stereocenters. The molecule has 35 heavy (non-hydrogen) atoms. The minimum atomic E-state index is -2.73. The van der Waals surface area contributed by atoms with E-state index in [2.05, 4.69) is 15.3 Å². The van der Waals surface area contributed by atoms with Crippen molar-refractivity contribution in [1.29, 1.82) is 0 Å². The van der Waals surface area contributed by atoms with Gasteiger partial charge in [-0.15, -0.1) is 0 Å². The molecule has 2 heterocycles. The fourth-order valence-electron chi connectivity index (χ4n) is 4.07. The predicted molar refractivity (Wildman–Crippen MR) is 109 cm³/mol. The van der Waals surface area contributed by atoms with Crippen LogP contribution >= 0.6 is 0 Å². The maximum atomic E-state index is 12.3. The van der Waals surface area contributed by atoms with Crippen molar-refractivity contribution in [2.24, 2.45) is 5.11 Å². The van der Waals surface area contributed by atoms with Gasteiger partial charge in [0, 0.05) is 18.3 Å². The number of aliphatic carboxylic acids is 1. The average molecular weight is 510 g/mol. The van der Waals surface area contributed by atoms with Crippen molar-refractivity contribution < 1.29 is 64.7 Å². The lowest BCUT2D eigenvalue weighted by Gasteiger charge is -2.49. The van der Waals surface area contributed by atoms with Gasteiger partial charge in [-0.25, -0.2) is 4.79 Å². The lowest BCUT2D eigenvalue weighted by atomic mass is 9.87. The minimum Gasteiger partial charge on any atom is -0.477 e. The van der Waals surface area contributed by atoms with Crippen LogP contribution in [-0.2, 0) is 23.8 Å². The first-order valence-electron chi connectivity index (χ1n) is 10.5. The van der Waals surface area contributed by atoms with Crippen LogP contribution < -0.4 is 5.32 Å². The Morgan fingerprint density at radius 1 is 1.20 bits per heavy atom. The molecule has 0 aliphatic carbocycles. The van der Waals surface area contributed by atoms with E-state index < -0.39 is 97.9 Å². The van der Waals surface area contributed by atoms with Crippen molar-refractivity contribution in [2.45, 2.75) is 93.3 Å². The summed E-state index contributed by atoms with van der Waals surface area (Å²) >= 11 is 0. The van der Waals surface area contributed by atoms with Crippen LogP contribution in [-0.4, -0.2) is 132 Å². The Morgan fingerprint density at radius 3 is 2.34 bits per heavy atom. The first-order chi connectivity index (χ1) is 16.3. The molecule has 0 aromatic heterocycles. The molecule has 17 heteroatoms. The van der Waals surface area contributed by atoms with Crippen molar-refractivity contribution in [1.82, 2.24) is 5.32 Å². The van der Waals surface area contributed by atoms with Gasteiger partial charge in [0.2, 0.25) is 5.91 Å². The summed E-state index contributed by atoms with van der Waals surface area (Å²) in [5.74, 6) is -5.21. The van der Waals surface area contributed by atoms with Gasteiger partial charge in [-0.05, 0) is 12.5 Å². The quantitative estimate of drug-likeness (QED) is 0.0806. The molecule has 200 valence electrons. The molecule has 2 rings (SSSR count). The van der Waals surface area contributed by atoms with Crippen LogP contribution in [0.3, 0.4) is 0 Å². The second-order valence-electron chi connectivity index (χ2n) is 8.37. The van der Waals surface area contributed by atoms with Gasteiger partial charge in [0.25, 0.3) is 5.79 Å². The molecular weight excluding hydrogens is 480 g/mol. The fraction of sp³-hybridized carbons (Fsp3) is 0.889. The third-order valence-electron chi connectivity index (χ3n) is 5.85. The second kappa shape index (κ2) is 11.7. The van der Waals surface area contributed by atoms with Crippen molar-refractivity contribution in [2.75, 3.05) is 6.61 Å². The van der Waals surface area contributed by atoms with Gasteiger partial charge in [0.15, 0.2) is 6.29 Å². The van der Waals surface area contributed by atoms with Crippen LogP contribution in [0.2, 0.25) is 0 Å². The highest BCUT2D eigenvalue weighted by Gasteiger charge is 2.58. The molecule has 2 aliphatic rings. The molecule has 2 aliphatic heterocycles. The number of rotatable bonds is 9. The lowest BCUT2D eigenvalue weighted by molar-refractivity contribution is -0.344. The number of carboxylic acid groups (broad SMARTS) is 1. The van der Waals surface area contributed by atoms with E-state index in [4.69, 9.17) is 19.7 Å². The van der Waals surface area contributed by atoms with Gasteiger partial charge in [0.05, 0.1) is 24.8 Å². The zero-order valence-corrected chi connectivity index (χ0v) is 18.7. The van der Waals surface area contributed by atoms with E-state index in [-0.39, 0.29) is 0 Å². The number of amides is 1. The molecule has 0 aromatic carbocycles. The van der Waals surface area contributed by atoms with Gasteiger partial charge in [0.1, 0.15) is 42.7 Å². The second-order valence-corrected chi connectivity index (χ2v) is 8.37. The van der Waals surface area contributed by atoms with Gasteiger partial charge in [-0.3, -0.25) is 4.79 Å². The third kappa shape index (κ3) is 6.16. The monoisotopic (exact) mass is 510 g/mol. The highest BCUT2D eigenvalue weighted by molar-refractivity contribution is 5.76. The Kier molecular flexibility index (Phi) is 9.74. The number of carbonyl (C=O) groups excluding carboxylic acids is 1. The van der Waals surface area contributed by atoms with E-state index in [1.165, 1.54) is 6.92 Å². The van der Waals surface area contributed by atoms with Crippen molar-refractivity contribution in [3.05, 3.63) is 10.4 Å². The lowest BCUT2D eigenvalue weighted by Crippen LogP contribution is -2.69. The van der Waals surface area contributed by atoms with Crippen LogP contribution in [0, 0.1) is 0 Å². The smallest absolute Gasteiger partial charge is 0.364 e. The summed E-state index contributed by atoms with van der Waals surface area (Å²) < 4.78 is 16.1. The molecule has 17 nitrogen and oxygen atoms in total. The van der Waals surface area contributed by atoms with E-state index >= 15 is 0 Å². The maximum Gasteiger partial charge on any atom is 0.364 e. The standard InChI is InChI=1S/C18H30N4O13/c1-5(14-12(28)11(27)13(29)16(30)33-14)34-18(17(31)32)3-7(21-22-19)9(20-6(2)24)15(35-18)10(26)8(25)4-23/h5,7-16,23,25-30H,3-4H2,1-2H3,(H,20,24)(H,31,32)/t5-,7+,8-,9-,10-,11+,12-,13-,14-,15-,16-,18-/m1/s1. The van der Waals surface area contributed by atoms with E-state index in [9.17, 15) is 50.4 Å². The number of hydrogen-bond donors (Lipinski definition) is 9. The zero-order chi connectivity index (χ0) is 26.7. The van der Waals surface area contributed by atoms with Crippen LogP contribution in [0.4, 0.5) is 0 Å².